The fourth-order valence-electron chi connectivity index (χ4n) is 2.84. The second-order valence-corrected chi connectivity index (χ2v) is 7.67. The second kappa shape index (κ2) is 6.75. The molecule has 0 spiro atoms. The van der Waals surface area contributed by atoms with Crippen molar-refractivity contribution in [3.63, 3.8) is 0 Å². The van der Waals surface area contributed by atoms with Crippen LogP contribution in [0.25, 0.3) is 11.0 Å². The van der Waals surface area contributed by atoms with Gasteiger partial charge in [-0.1, -0.05) is 49.4 Å². The third-order valence-electron chi connectivity index (χ3n) is 3.98. The van der Waals surface area contributed by atoms with Gasteiger partial charge in [0.1, 0.15) is 11.9 Å². The van der Waals surface area contributed by atoms with Crippen LogP contribution in [0.4, 0.5) is 0 Å². The molecule has 0 saturated carbocycles. The molecular weight excluding hydrogens is 322 g/mol. The molecule has 1 aromatic heterocycles. The van der Waals surface area contributed by atoms with Crippen molar-refractivity contribution < 1.29 is 8.42 Å². The first-order chi connectivity index (χ1) is 11.5. The van der Waals surface area contributed by atoms with E-state index in [1.807, 2.05) is 73.1 Å². The van der Waals surface area contributed by atoms with Crippen LogP contribution in [0, 0.1) is 0 Å². The predicted molar refractivity (Wildman–Crippen MR) is 96.2 cm³/mol. The third kappa shape index (κ3) is 3.34. The SMILES string of the molecule is CCCS(=O)(=O)N[C@H](c1ccccc1)c1nc2ccccc2n1C. The molecule has 0 unspecified atom stereocenters. The highest BCUT2D eigenvalue weighted by molar-refractivity contribution is 7.89. The van der Waals surface area contributed by atoms with Crippen molar-refractivity contribution in [2.75, 3.05) is 5.75 Å². The van der Waals surface area contributed by atoms with Crippen molar-refractivity contribution in [2.45, 2.75) is 19.4 Å². The minimum atomic E-state index is -3.38. The number of rotatable bonds is 6. The van der Waals surface area contributed by atoms with Gasteiger partial charge in [-0.25, -0.2) is 18.1 Å². The summed E-state index contributed by atoms with van der Waals surface area (Å²) in [5, 5.41) is 0. The van der Waals surface area contributed by atoms with E-state index in [4.69, 9.17) is 0 Å². The van der Waals surface area contributed by atoms with Crippen LogP contribution in [0.3, 0.4) is 0 Å². The molecule has 0 amide bonds. The lowest BCUT2D eigenvalue weighted by atomic mass is 10.1. The second-order valence-electron chi connectivity index (χ2n) is 5.80. The van der Waals surface area contributed by atoms with Gasteiger partial charge in [0.05, 0.1) is 16.8 Å². The van der Waals surface area contributed by atoms with E-state index in [1.54, 1.807) is 0 Å². The van der Waals surface area contributed by atoms with Gasteiger partial charge in [-0.15, -0.1) is 0 Å². The first-order valence-corrected chi connectivity index (χ1v) is 9.63. The molecule has 0 aliphatic rings. The average Bonchev–Trinajstić information content (AvgIpc) is 2.91. The van der Waals surface area contributed by atoms with Gasteiger partial charge < -0.3 is 4.57 Å². The zero-order valence-electron chi connectivity index (χ0n) is 13.8. The van der Waals surface area contributed by atoms with Crippen molar-refractivity contribution in [1.29, 1.82) is 0 Å². The Balaban J connectivity index is 2.11. The number of imidazole rings is 1. The fraction of sp³-hybridized carbons (Fsp3) is 0.278. The van der Waals surface area contributed by atoms with E-state index in [2.05, 4.69) is 9.71 Å². The average molecular weight is 343 g/mol. The molecule has 0 saturated heterocycles. The van der Waals surface area contributed by atoms with Crippen LogP contribution >= 0.6 is 0 Å². The molecule has 6 heteroatoms. The van der Waals surface area contributed by atoms with Crippen molar-refractivity contribution >= 4 is 21.1 Å². The van der Waals surface area contributed by atoms with Crippen LogP contribution in [0.1, 0.15) is 30.8 Å². The van der Waals surface area contributed by atoms with Crippen LogP contribution in [-0.4, -0.2) is 23.7 Å². The van der Waals surface area contributed by atoms with Gasteiger partial charge in [0.15, 0.2) is 0 Å². The highest BCUT2D eigenvalue weighted by Gasteiger charge is 2.25. The van der Waals surface area contributed by atoms with E-state index in [0.29, 0.717) is 12.2 Å². The zero-order chi connectivity index (χ0) is 17.2. The van der Waals surface area contributed by atoms with Crippen molar-refractivity contribution in [1.82, 2.24) is 14.3 Å². The van der Waals surface area contributed by atoms with Crippen LogP contribution in [-0.2, 0) is 17.1 Å². The molecule has 0 aliphatic carbocycles. The fourth-order valence-corrected chi connectivity index (χ4v) is 4.10. The molecule has 3 rings (SSSR count). The maximum absolute atomic E-state index is 12.4. The third-order valence-corrected chi connectivity index (χ3v) is 5.52. The molecule has 2 aromatic carbocycles. The largest absolute Gasteiger partial charge is 0.329 e. The van der Waals surface area contributed by atoms with E-state index < -0.39 is 16.1 Å². The van der Waals surface area contributed by atoms with Crippen molar-refractivity contribution in [3.8, 4) is 0 Å². The number of fused-ring (bicyclic) bond motifs is 1. The van der Waals surface area contributed by atoms with E-state index in [0.717, 1.165) is 16.6 Å². The van der Waals surface area contributed by atoms with E-state index >= 15 is 0 Å². The van der Waals surface area contributed by atoms with Crippen LogP contribution in [0.15, 0.2) is 54.6 Å². The van der Waals surface area contributed by atoms with Crippen LogP contribution in [0.2, 0.25) is 0 Å². The molecule has 1 N–H and O–H groups in total. The Morgan fingerprint density at radius 3 is 2.42 bits per heavy atom. The number of hydrogen-bond donors (Lipinski definition) is 1. The van der Waals surface area contributed by atoms with Gasteiger partial charge in [-0.2, -0.15) is 0 Å². The lowest BCUT2D eigenvalue weighted by Gasteiger charge is -2.19. The summed E-state index contributed by atoms with van der Waals surface area (Å²) in [5.74, 6) is 0.780. The zero-order valence-corrected chi connectivity index (χ0v) is 14.6. The molecule has 5 nitrogen and oxygen atoms in total. The number of aromatic nitrogens is 2. The number of benzene rings is 2. The molecule has 0 fully saturated rings. The standard InChI is InChI=1S/C18H21N3O2S/c1-3-13-24(22,23)20-17(14-9-5-4-6-10-14)18-19-15-11-7-8-12-16(15)21(18)2/h4-12,17,20H,3,13H2,1-2H3/t17-/m1/s1. The van der Waals surface area contributed by atoms with Crippen molar-refractivity contribution in [2.24, 2.45) is 7.05 Å². The molecular formula is C18H21N3O2S. The Morgan fingerprint density at radius 2 is 1.75 bits per heavy atom. The molecule has 126 valence electrons. The number of sulfonamides is 1. The van der Waals surface area contributed by atoms with Gasteiger partial charge in [-0.05, 0) is 24.1 Å². The van der Waals surface area contributed by atoms with E-state index in [-0.39, 0.29) is 5.75 Å². The highest BCUT2D eigenvalue weighted by atomic mass is 32.2. The first kappa shape index (κ1) is 16.7. The van der Waals surface area contributed by atoms with Crippen molar-refractivity contribution in [3.05, 3.63) is 66.0 Å². The minimum Gasteiger partial charge on any atom is -0.329 e. The predicted octanol–water partition coefficient (Wildman–Crippen LogP) is 2.99. The summed E-state index contributed by atoms with van der Waals surface area (Å²) in [4.78, 5) is 4.67. The summed E-state index contributed by atoms with van der Waals surface area (Å²) in [6.45, 7) is 1.85. The van der Waals surface area contributed by atoms with Gasteiger partial charge in [-0.3, -0.25) is 0 Å². The number of hydrogen-bond acceptors (Lipinski definition) is 3. The van der Waals surface area contributed by atoms with Crippen LogP contribution in [0.5, 0.6) is 0 Å². The number of aryl methyl sites for hydroxylation is 1. The quantitative estimate of drug-likeness (QED) is 0.748. The highest BCUT2D eigenvalue weighted by Crippen LogP contribution is 2.25. The van der Waals surface area contributed by atoms with Gasteiger partial charge in [0.2, 0.25) is 10.0 Å². The monoisotopic (exact) mass is 343 g/mol. The smallest absolute Gasteiger partial charge is 0.212 e. The van der Waals surface area contributed by atoms with Gasteiger partial charge in [0, 0.05) is 7.05 Å². The molecule has 0 radical (unpaired) electrons. The number of nitrogens with one attached hydrogen (secondary N) is 1. The summed E-state index contributed by atoms with van der Waals surface area (Å²) < 4.78 is 29.5. The summed E-state index contributed by atoms with van der Waals surface area (Å²) in [6.07, 6.45) is 0.569. The molecule has 1 heterocycles. The van der Waals surface area contributed by atoms with Crippen LogP contribution < -0.4 is 4.72 Å². The molecule has 24 heavy (non-hydrogen) atoms. The Bertz CT molecular complexity index is 933. The maximum atomic E-state index is 12.4. The minimum absolute atomic E-state index is 0.0975. The first-order valence-electron chi connectivity index (χ1n) is 7.98. The Labute approximate surface area is 142 Å². The molecule has 3 aromatic rings. The van der Waals surface area contributed by atoms with Gasteiger partial charge in [0.25, 0.3) is 0 Å². The van der Waals surface area contributed by atoms with E-state index in [9.17, 15) is 8.42 Å². The Hall–Kier alpha value is -2.18. The summed E-state index contributed by atoms with van der Waals surface area (Å²) in [7, 11) is -1.47. The summed E-state index contributed by atoms with van der Waals surface area (Å²) in [6, 6.07) is 16.8. The lowest BCUT2D eigenvalue weighted by molar-refractivity contribution is 0.562. The summed E-state index contributed by atoms with van der Waals surface area (Å²) in [5.41, 5.74) is 2.70. The molecule has 0 aliphatic heterocycles. The van der Waals surface area contributed by atoms with Gasteiger partial charge >= 0.3 is 0 Å². The molecule has 1 atom stereocenters. The topological polar surface area (TPSA) is 64.0 Å². The maximum Gasteiger partial charge on any atom is 0.212 e. The Kier molecular flexibility index (Phi) is 4.69. The van der Waals surface area contributed by atoms with E-state index in [1.165, 1.54) is 0 Å². The summed E-state index contributed by atoms with van der Waals surface area (Å²) >= 11 is 0. The number of nitrogens with zero attached hydrogens (tertiary/aromatic N) is 2. The number of para-hydroxylation sites is 2. The molecule has 0 bridgehead atoms. The normalized spacial score (nSPS) is 13.2. The Morgan fingerprint density at radius 1 is 1.08 bits per heavy atom. The lowest BCUT2D eigenvalue weighted by Crippen LogP contribution is -2.32.